The van der Waals surface area contributed by atoms with Gasteiger partial charge in [-0.15, -0.1) is 0 Å². The van der Waals surface area contributed by atoms with Crippen molar-refractivity contribution in [3.05, 3.63) is 0 Å². The van der Waals surface area contributed by atoms with Gasteiger partial charge in [0.05, 0.1) is 0 Å². The van der Waals surface area contributed by atoms with Crippen LogP contribution >= 0.6 is 0 Å². The number of hydrogen-bond acceptors (Lipinski definition) is 2. The molecule has 0 unspecified atom stereocenters. The first-order valence-corrected chi connectivity index (χ1v) is 9.74. The SMILES string of the molecule is CCCCC(C)(C)C(=O)NCCCCCCNC(=O)C(C)(C)CC. The van der Waals surface area contributed by atoms with Crippen molar-refractivity contribution in [3.8, 4) is 0 Å². The van der Waals surface area contributed by atoms with Crippen molar-refractivity contribution in [2.24, 2.45) is 10.8 Å². The minimum atomic E-state index is -0.269. The van der Waals surface area contributed by atoms with E-state index in [1.54, 1.807) is 0 Å². The second-order valence-electron chi connectivity index (χ2n) is 8.15. The van der Waals surface area contributed by atoms with E-state index in [4.69, 9.17) is 0 Å². The van der Waals surface area contributed by atoms with Crippen molar-refractivity contribution < 1.29 is 9.59 Å². The van der Waals surface area contributed by atoms with E-state index in [1.807, 2.05) is 34.6 Å². The minimum Gasteiger partial charge on any atom is -0.356 e. The second kappa shape index (κ2) is 11.5. The summed E-state index contributed by atoms with van der Waals surface area (Å²) in [6, 6.07) is 0. The van der Waals surface area contributed by atoms with Crippen LogP contribution in [0.3, 0.4) is 0 Å². The van der Waals surface area contributed by atoms with Gasteiger partial charge in [0.1, 0.15) is 0 Å². The second-order valence-corrected chi connectivity index (χ2v) is 8.15. The first-order chi connectivity index (χ1) is 11.2. The molecule has 0 heterocycles. The molecule has 0 rings (SSSR count). The van der Waals surface area contributed by atoms with Gasteiger partial charge >= 0.3 is 0 Å². The molecule has 0 spiro atoms. The summed E-state index contributed by atoms with van der Waals surface area (Å²) < 4.78 is 0. The van der Waals surface area contributed by atoms with Crippen LogP contribution in [0.2, 0.25) is 0 Å². The topological polar surface area (TPSA) is 58.2 Å². The largest absolute Gasteiger partial charge is 0.356 e. The fourth-order valence-corrected chi connectivity index (χ4v) is 2.38. The lowest BCUT2D eigenvalue weighted by atomic mass is 9.86. The maximum atomic E-state index is 12.1. The van der Waals surface area contributed by atoms with Crippen molar-refractivity contribution in [1.82, 2.24) is 10.6 Å². The lowest BCUT2D eigenvalue weighted by molar-refractivity contribution is -0.130. The Balaban J connectivity index is 3.68. The third-order valence-electron chi connectivity index (χ3n) is 4.94. The summed E-state index contributed by atoms with van der Waals surface area (Å²) in [7, 11) is 0. The number of nitrogens with one attached hydrogen (secondary N) is 2. The molecule has 0 radical (unpaired) electrons. The van der Waals surface area contributed by atoms with Crippen LogP contribution in [-0.4, -0.2) is 24.9 Å². The third-order valence-corrected chi connectivity index (χ3v) is 4.94. The van der Waals surface area contributed by atoms with Crippen molar-refractivity contribution in [1.29, 1.82) is 0 Å². The van der Waals surface area contributed by atoms with E-state index in [-0.39, 0.29) is 22.6 Å². The normalized spacial score (nSPS) is 12.1. The van der Waals surface area contributed by atoms with Crippen LogP contribution < -0.4 is 10.6 Å². The molecule has 4 nitrogen and oxygen atoms in total. The van der Waals surface area contributed by atoms with Crippen LogP contribution in [0.1, 0.15) is 92.9 Å². The molecular formula is C20H40N2O2. The molecule has 0 aliphatic heterocycles. The van der Waals surface area contributed by atoms with Gasteiger partial charge in [-0.1, -0.05) is 67.2 Å². The van der Waals surface area contributed by atoms with Crippen LogP contribution in [0.25, 0.3) is 0 Å². The van der Waals surface area contributed by atoms with Crippen molar-refractivity contribution in [2.45, 2.75) is 92.9 Å². The molecule has 0 atom stereocenters. The van der Waals surface area contributed by atoms with E-state index in [9.17, 15) is 9.59 Å². The molecule has 0 fully saturated rings. The monoisotopic (exact) mass is 340 g/mol. The van der Waals surface area contributed by atoms with Crippen molar-refractivity contribution in [3.63, 3.8) is 0 Å². The van der Waals surface area contributed by atoms with Gasteiger partial charge in [0.15, 0.2) is 0 Å². The predicted octanol–water partition coefficient (Wildman–Crippen LogP) is 4.43. The van der Waals surface area contributed by atoms with Gasteiger partial charge in [-0.05, 0) is 25.7 Å². The summed E-state index contributed by atoms with van der Waals surface area (Å²) in [6.07, 6.45) is 8.20. The Hall–Kier alpha value is -1.06. The summed E-state index contributed by atoms with van der Waals surface area (Å²) in [5.74, 6) is 0.316. The number of rotatable bonds is 13. The van der Waals surface area contributed by atoms with E-state index >= 15 is 0 Å². The lowest BCUT2D eigenvalue weighted by Crippen LogP contribution is -2.37. The molecule has 0 aliphatic rings. The van der Waals surface area contributed by atoms with Gasteiger partial charge in [-0.2, -0.15) is 0 Å². The molecular weight excluding hydrogens is 300 g/mol. The number of carbonyl (C=O) groups is 2. The fourth-order valence-electron chi connectivity index (χ4n) is 2.38. The van der Waals surface area contributed by atoms with Gasteiger partial charge in [-0.3, -0.25) is 9.59 Å². The molecule has 0 aromatic carbocycles. The summed E-state index contributed by atoms with van der Waals surface area (Å²) in [6.45, 7) is 13.7. The summed E-state index contributed by atoms with van der Waals surface area (Å²) in [5, 5.41) is 6.07. The van der Waals surface area contributed by atoms with Crippen molar-refractivity contribution >= 4 is 11.8 Å². The average molecular weight is 341 g/mol. The Bertz CT molecular complexity index is 376. The first-order valence-electron chi connectivity index (χ1n) is 9.74. The highest BCUT2D eigenvalue weighted by atomic mass is 16.2. The van der Waals surface area contributed by atoms with Crippen LogP contribution in [0.4, 0.5) is 0 Å². The number of amides is 2. The molecule has 24 heavy (non-hydrogen) atoms. The Kier molecular flexibility index (Phi) is 11.0. The molecule has 2 amide bonds. The quantitative estimate of drug-likeness (QED) is 0.487. The average Bonchev–Trinajstić information content (AvgIpc) is 2.54. The molecule has 0 aromatic rings. The lowest BCUT2D eigenvalue weighted by Gasteiger charge is -2.23. The standard InChI is InChI=1S/C20H40N2O2/c1-7-9-14-20(5,6)18(24)22-16-13-11-10-12-15-21-17(23)19(3,4)8-2/h7-16H2,1-6H3,(H,21,23)(H,22,24). The van der Waals surface area contributed by atoms with Crippen LogP contribution in [-0.2, 0) is 9.59 Å². The Labute approximate surface area is 149 Å². The molecule has 142 valence electrons. The number of carbonyl (C=O) groups excluding carboxylic acids is 2. The number of unbranched alkanes of at least 4 members (excludes halogenated alkanes) is 4. The van der Waals surface area contributed by atoms with Gasteiger partial charge in [-0.25, -0.2) is 0 Å². The van der Waals surface area contributed by atoms with Crippen molar-refractivity contribution in [2.75, 3.05) is 13.1 Å². The third kappa shape index (κ3) is 9.29. The Morgan fingerprint density at radius 3 is 1.58 bits per heavy atom. The van der Waals surface area contributed by atoms with Gasteiger partial charge in [0.25, 0.3) is 0 Å². The molecule has 0 bridgehead atoms. The van der Waals surface area contributed by atoms with E-state index in [0.717, 1.165) is 64.5 Å². The molecule has 0 saturated heterocycles. The van der Waals surface area contributed by atoms with Gasteiger partial charge in [0, 0.05) is 23.9 Å². The van der Waals surface area contributed by atoms with Gasteiger partial charge < -0.3 is 10.6 Å². The summed E-state index contributed by atoms with van der Waals surface area (Å²) in [5.41, 5.74) is -0.527. The molecule has 0 aliphatic carbocycles. The van der Waals surface area contributed by atoms with E-state index in [2.05, 4.69) is 17.6 Å². The Morgan fingerprint density at radius 1 is 0.708 bits per heavy atom. The van der Waals surface area contributed by atoms with Crippen LogP contribution in [0, 0.1) is 10.8 Å². The minimum absolute atomic E-state index is 0.145. The molecule has 0 aromatic heterocycles. The van der Waals surface area contributed by atoms with Gasteiger partial charge in [0.2, 0.25) is 11.8 Å². The predicted molar refractivity (Wildman–Crippen MR) is 102 cm³/mol. The van der Waals surface area contributed by atoms with Crippen LogP contribution in [0.15, 0.2) is 0 Å². The first kappa shape index (κ1) is 22.9. The zero-order chi connectivity index (χ0) is 18.6. The maximum absolute atomic E-state index is 12.1. The van der Waals surface area contributed by atoms with E-state index in [0.29, 0.717) is 0 Å². The van der Waals surface area contributed by atoms with E-state index < -0.39 is 0 Å². The summed E-state index contributed by atoms with van der Waals surface area (Å²) in [4.78, 5) is 24.1. The molecule has 2 N–H and O–H groups in total. The highest BCUT2D eigenvalue weighted by Gasteiger charge is 2.26. The smallest absolute Gasteiger partial charge is 0.225 e. The highest BCUT2D eigenvalue weighted by molar-refractivity contribution is 5.82. The molecule has 4 heteroatoms. The summed E-state index contributed by atoms with van der Waals surface area (Å²) >= 11 is 0. The van der Waals surface area contributed by atoms with E-state index in [1.165, 1.54) is 0 Å². The zero-order valence-corrected chi connectivity index (χ0v) is 16.9. The maximum Gasteiger partial charge on any atom is 0.225 e. The van der Waals surface area contributed by atoms with Crippen LogP contribution in [0.5, 0.6) is 0 Å². The zero-order valence-electron chi connectivity index (χ0n) is 16.9. The highest BCUT2D eigenvalue weighted by Crippen LogP contribution is 2.23. The number of hydrogen-bond donors (Lipinski definition) is 2. The molecule has 0 saturated carbocycles. The Morgan fingerprint density at radius 2 is 1.17 bits per heavy atom. The fraction of sp³-hybridized carbons (Fsp3) is 0.900.